The quantitative estimate of drug-likeness (QED) is 0.653. The second-order valence-electron chi connectivity index (χ2n) is 9.28. The number of benzene rings is 1. The molecule has 3 heterocycles. The van der Waals surface area contributed by atoms with Gasteiger partial charge in [-0.2, -0.15) is 0 Å². The maximum atomic E-state index is 13.1. The first-order valence-corrected chi connectivity index (χ1v) is 10.8. The molecule has 2 fully saturated rings. The smallest absolute Gasteiger partial charge is 0.410 e. The molecule has 4 rings (SSSR count). The molecule has 1 aromatic rings. The van der Waals surface area contributed by atoms with Crippen LogP contribution in [0, 0.1) is 0 Å². The molecule has 32 heavy (non-hydrogen) atoms. The van der Waals surface area contributed by atoms with Crippen molar-refractivity contribution in [2.75, 3.05) is 31.1 Å². The number of rotatable bonds is 2. The lowest BCUT2D eigenvalue weighted by Gasteiger charge is -2.36. The number of piperazine rings is 1. The summed E-state index contributed by atoms with van der Waals surface area (Å²) in [6, 6.07) is 4.35. The van der Waals surface area contributed by atoms with Gasteiger partial charge in [0.15, 0.2) is 6.23 Å². The molecule has 0 saturated carbocycles. The third kappa shape index (κ3) is 4.14. The van der Waals surface area contributed by atoms with Crippen LogP contribution in [-0.2, 0) is 14.3 Å². The van der Waals surface area contributed by atoms with Crippen LogP contribution in [0.2, 0.25) is 0 Å². The number of nitrogens with one attached hydrogen (secondary N) is 1. The Morgan fingerprint density at radius 1 is 1.12 bits per heavy atom. The van der Waals surface area contributed by atoms with E-state index in [4.69, 9.17) is 4.74 Å². The van der Waals surface area contributed by atoms with Gasteiger partial charge in [0.25, 0.3) is 5.91 Å². The second kappa shape index (κ2) is 8.09. The van der Waals surface area contributed by atoms with Gasteiger partial charge in [0.2, 0.25) is 11.8 Å². The Kier molecular flexibility index (Phi) is 5.58. The second-order valence-corrected chi connectivity index (χ2v) is 9.28. The lowest BCUT2D eigenvalue weighted by molar-refractivity contribution is -0.139. The molecule has 2 unspecified atom stereocenters. The lowest BCUT2D eigenvalue weighted by atomic mass is 10.0. The zero-order chi connectivity index (χ0) is 23.2. The zero-order valence-corrected chi connectivity index (χ0v) is 18.5. The molecular formula is C22H28N4O6. The van der Waals surface area contributed by atoms with Gasteiger partial charge in [0.05, 0.1) is 0 Å². The van der Waals surface area contributed by atoms with Crippen molar-refractivity contribution in [3.05, 3.63) is 29.3 Å². The predicted molar refractivity (Wildman–Crippen MR) is 114 cm³/mol. The molecule has 172 valence electrons. The van der Waals surface area contributed by atoms with Gasteiger partial charge in [0.1, 0.15) is 11.6 Å². The molecule has 2 atom stereocenters. The van der Waals surface area contributed by atoms with Gasteiger partial charge in [-0.1, -0.05) is 6.07 Å². The van der Waals surface area contributed by atoms with E-state index >= 15 is 0 Å². The average molecular weight is 444 g/mol. The molecule has 0 aromatic heterocycles. The number of amides is 4. The van der Waals surface area contributed by atoms with Crippen LogP contribution < -0.4 is 10.2 Å². The topological polar surface area (TPSA) is 119 Å². The largest absolute Gasteiger partial charge is 0.444 e. The summed E-state index contributed by atoms with van der Waals surface area (Å²) in [5, 5.41) is 12.9. The van der Waals surface area contributed by atoms with Gasteiger partial charge in [-0.3, -0.25) is 24.6 Å². The van der Waals surface area contributed by atoms with Crippen LogP contribution in [0.1, 0.15) is 55.8 Å². The summed E-state index contributed by atoms with van der Waals surface area (Å²) in [6.45, 7) is 7.62. The van der Waals surface area contributed by atoms with Crippen molar-refractivity contribution < 1.29 is 29.0 Å². The summed E-state index contributed by atoms with van der Waals surface area (Å²) in [5.74, 6) is -1.38. The Hall–Kier alpha value is -3.14. The molecule has 3 aliphatic heterocycles. The molecule has 4 amide bonds. The molecule has 0 spiro atoms. The summed E-state index contributed by atoms with van der Waals surface area (Å²) < 4.78 is 5.43. The number of hydrogen-bond donors (Lipinski definition) is 2. The van der Waals surface area contributed by atoms with Gasteiger partial charge in [-0.15, -0.1) is 0 Å². The molecule has 0 bridgehead atoms. The zero-order valence-electron chi connectivity index (χ0n) is 18.5. The van der Waals surface area contributed by atoms with E-state index in [-0.39, 0.29) is 24.8 Å². The third-order valence-corrected chi connectivity index (χ3v) is 5.89. The van der Waals surface area contributed by atoms with E-state index in [1.54, 1.807) is 17.0 Å². The van der Waals surface area contributed by atoms with E-state index in [9.17, 15) is 24.3 Å². The first-order chi connectivity index (χ1) is 15.0. The number of hydrogen-bond acceptors (Lipinski definition) is 7. The van der Waals surface area contributed by atoms with Crippen molar-refractivity contribution >= 4 is 29.5 Å². The van der Waals surface area contributed by atoms with Crippen LogP contribution in [0.3, 0.4) is 0 Å². The number of ether oxygens (including phenoxy) is 1. The highest BCUT2D eigenvalue weighted by atomic mass is 16.6. The van der Waals surface area contributed by atoms with Crippen molar-refractivity contribution in [1.29, 1.82) is 0 Å². The third-order valence-electron chi connectivity index (χ3n) is 5.89. The van der Waals surface area contributed by atoms with E-state index in [2.05, 4.69) is 10.2 Å². The fourth-order valence-electron chi connectivity index (χ4n) is 4.28. The van der Waals surface area contributed by atoms with Crippen LogP contribution in [0.25, 0.3) is 0 Å². The SMILES string of the molecule is CC(C)(C)OC(=O)N1CCN(c2ccc3c(c2)C(=O)N(C2CCC(=O)NC2=O)C3O)CC1. The highest BCUT2D eigenvalue weighted by Gasteiger charge is 2.44. The fraction of sp³-hybridized carbons (Fsp3) is 0.545. The Balaban J connectivity index is 1.45. The van der Waals surface area contributed by atoms with Crippen LogP contribution >= 0.6 is 0 Å². The van der Waals surface area contributed by atoms with Crippen molar-refractivity contribution in [2.45, 2.75) is 51.5 Å². The normalized spacial score (nSPS) is 23.9. The minimum absolute atomic E-state index is 0.121. The van der Waals surface area contributed by atoms with Gasteiger partial charge < -0.3 is 19.6 Å². The highest BCUT2D eigenvalue weighted by Crippen LogP contribution is 2.37. The van der Waals surface area contributed by atoms with Crippen LogP contribution in [-0.4, -0.2) is 76.5 Å². The van der Waals surface area contributed by atoms with Crippen LogP contribution in [0.5, 0.6) is 0 Å². The number of imide groups is 1. The highest BCUT2D eigenvalue weighted by molar-refractivity contribution is 6.06. The standard InChI is InChI=1S/C22H28N4O6/c1-22(2,3)32-21(31)25-10-8-24(9-11-25)13-4-5-14-15(12-13)20(30)26(19(14)29)16-6-7-17(27)23-18(16)28/h4-5,12,16,19,29H,6-11H2,1-3H3,(H,23,27,28). The maximum Gasteiger partial charge on any atom is 0.410 e. The Labute approximate surface area is 186 Å². The number of carbonyl (C=O) groups is 4. The maximum absolute atomic E-state index is 13.1. The number of aliphatic hydroxyl groups excluding tert-OH is 1. The van der Waals surface area contributed by atoms with Gasteiger partial charge in [0, 0.05) is 49.4 Å². The van der Waals surface area contributed by atoms with E-state index < -0.39 is 29.7 Å². The number of anilines is 1. The summed E-state index contributed by atoms with van der Waals surface area (Å²) in [7, 11) is 0. The van der Waals surface area contributed by atoms with E-state index in [0.29, 0.717) is 37.3 Å². The molecular weight excluding hydrogens is 416 g/mol. The number of carbonyl (C=O) groups excluding carboxylic acids is 4. The summed E-state index contributed by atoms with van der Waals surface area (Å²) >= 11 is 0. The van der Waals surface area contributed by atoms with Crippen molar-refractivity contribution in [3.8, 4) is 0 Å². The van der Waals surface area contributed by atoms with Crippen molar-refractivity contribution in [1.82, 2.24) is 15.1 Å². The Morgan fingerprint density at radius 2 is 1.81 bits per heavy atom. The van der Waals surface area contributed by atoms with Gasteiger partial charge in [-0.25, -0.2) is 4.79 Å². The minimum atomic E-state index is -1.24. The summed E-state index contributed by atoms with van der Waals surface area (Å²) in [4.78, 5) is 53.9. The van der Waals surface area contributed by atoms with Gasteiger partial charge >= 0.3 is 6.09 Å². The summed E-state index contributed by atoms with van der Waals surface area (Å²) in [6.07, 6.45) is -1.28. The van der Waals surface area contributed by atoms with Crippen LogP contribution in [0.15, 0.2) is 18.2 Å². The van der Waals surface area contributed by atoms with Crippen molar-refractivity contribution in [2.24, 2.45) is 0 Å². The number of fused-ring (bicyclic) bond motifs is 1. The van der Waals surface area contributed by atoms with E-state index in [1.807, 2.05) is 26.8 Å². The molecule has 2 N–H and O–H groups in total. The molecule has 1 aromatic carbocycles. The molecule has 0 aliphatic carbocycles. The minimum Gasteiger partial charge on any atom is -0.444 e. The van der Waals surface area contributed by atoms with Crippen LogP contribution in [0.4, 0.5) is 10.5 Å². The molecule has 3 aliphatic rings. The lowest BCUT2D eigenvalue weighted by Crippen LogP contribution is -2.53. The number of nitrogens with zero attached hydrogens (tertiary/aromatic N) is 3. The number of piperidine rings is 1. The van der Waals surface area contributed by atoms with Crippen molar-refractivity contribution in [3.63, 3.8) is 0 Å². The first kappa shape index (κ1) is 22.1. The molecule has 0 radical (unpaired) electrons. The predicted octanol–water partition coefficient (Wildman–Crippen LogP) is 0.996. The fourth-order valence-corrected chi connectivity index (χ4v) is 4.28. The summed E-state index contributed by atoms with van der Waals surface area (Å²) in [5.41, 5.74) is 1.03. The average Bonchev–Trinajstić information content (AvgIpc) is 2.97. The monoisotopic (exact) mass is 444 g/mol. The van der Waals surface area contributed by atoms with Gasteiger partial charge in [-0.05, 0) is 39.3 Å². The molecule has 10 heteroatoms. The number of aliphatic hydroxyl groups is 1. The molecule has 2 saturated heterocycles. The van der Waals surface area contributed by atoms with E-state index in [1.165, 1.54) is 0 Å². The Morgan fingerprint density at radius 3 is 2.44 bits per heavy atom. The Bertz CT molecular complexity index is 964. The molecule has 10 nitrogen and oxygen atoms in total. The van der Waals surface area contributed by atoms with E-state index in [0.717, 1.165) is 10.6 Å². The first-order valence-electron chi connectivity index (χ1n) is 10.8.